The molecule has 1 aromatic carbocycles. The van der Waals surface area contributed by atoms with E-state index in [1.807, 2.05) is 49.4 Å². The number of amides is 1. The second kappa shape index (κ2) is 11.8. The molecule has 170 valence electrons. The lowest BCUT2D eigenvalue weighted by Gasteiger charge is -2.23. The highest BCUT2D eigenvalue weighted by Gasteiger charge is 2.29. The Kier molecular flexibility index (Phi) is 8.80. The molecular weight excluding hydrogens is 400 g/mol. The monoisotopic (exact) mass is 435 g/mol. The molecule has 4 N–H and O–H groups in total. The highest BCUT2D eigenvalue weighted by atomic mass is 16.5. The van der Waals surface area contributed by atoms with Crippen LogP contribution in [0.5, 0.6) is 5.75 Å². The third-order valence-electron chi connectivity index (χ3n) is 6.07. The molecule has 0 aromatic heterocycles. The normalized spacial score (nSPS) is 21.1. The average Bonchev–Trinajstić information content (AvgIpc) is 2.86. The van der Waals surface area contributed by atoms with E-state index in [0.717, 1.165) is 36.1 Å². The molecule has 0 heterocycles. The predicted octanol–water partition coefficient (Wildman–Crippen LogP) is 3.52. The SMILES string of the molecule is COc1ccc(C([NH2+]C(=O)C(N)C(C)C=CC2=CCCC=C2)C2=CCC(OC)C=C2)cc1. The lowest BCUT2D eigenvalue weighted by molar-refractivity contribution is -0.604. The lowest BCUT2D eigenvalue weighted by atomic mass is 9.92. The summed E-state index contributed by atoms with van der Waals surface area (Å²) >= 11 is 0. The minimum Gasteiger partial charge on any atom is -0.497 e. The zero-order valence-corrected chi connectivity index (χ0v) is 19.2. The quantitative estimate of drug-likeness (QED) is 0.622. The van der Waals surface area contributed by atoms with Crippen LogP contribution in [0.2, 0.25) is 0 Å². The van der Waals surface area contributed by atoms with E-state index in [-0.39, 0.29) is 24.0 Å². The molecule has 0 fully saturated rings. The van der Waals surface area contributed by atoms with Crippen molar-refractivity contribution in [3.8, 4) is 5.75 Å². The Labute approximate surface area is 191 Å². The Bertz CT molecular complexity index is 925. The van der Waals surface area contributed by atoms with Crippen molar-refractivity contribution in [1.29, 1.82) is 0 Å². The summed E-state index contributed by atoms with van der Waals surface area (Å²) in [6.45, 7) is 1.99. The van der Waals surface area contributed by atoms with Crippen molar-refractivity contribution in [2.75, 3.05) is 14.2 Å². The van der Waals surface area contributed by atoms with Crippen LogP contribution in [0.1, 0.15) is 37.8 Å². The second-order valence-corrected chi connectivity index (χ2v) is 8.32. The number of carbonyl (C=O) groups excluding carboxylic acids is 1. The van der Waals surface area contributed by atoms with Crippen molar-refractivity contribution >= 4 is 5.91 Å². The van der Waals surface area contributed by atoms with Crippen molar-refractivity contribution in [2.45, 2.75) is 44.4 Å². The van der Waals surface area contributed by atoms with Gasteiger partial charge in [0.25, 0.3) is 0 Å². The predicted molar refractivity (Wildman–Crippen MR) is 128 cm³/mol. The Morgan fingerprint density at radius 3 is 2.53 bits per heavy atom. The van der Waals surface area contributed by atoms with Gasteiger partial charge in [-0.25, -0.2) is 4.79 Å². The average molecular weight is 436 g/mol. The summed E-state index contributed by atoms with van der Waals surface area (Å²) < 4.78 is 10.7. The summed E-state index contributed by atoms with van der Waals surface area (Å²) in [7, 11) is 3.35. The number of hydrogen-bond acceptors (Lipinski definition) is 4. The number of carbonyl (C=O) groups is 1. The standard InChI is InChI=1S/C27H34N2O3/c1-19(9-10-20-7-5-4-6-8-20)25(28)27(30)29-26(21-11-15-23(31-2)16-12-21)22-13-17-24(32-3)18-14-22/h5,7-17,19,24-26H,4,6,18,28H2,1-3H3,(H,29,30)/p+1. The Hall–Kier alpha value is -2.73. The maximum atomic E-state index is 13.2. The van der Waals surface area contributed by atoms with Crippen molar-refractivity contribution in [3.63, 3.8) is 0 Å². The molecule has 1 amide bonds. The maximum Gasteiger partial charge on any atom is 0.328 e. The molecule has 3 rings (SSSR count). The van der Waals surface area contributed by atoms with Gasteiger partial charge in [-0.1, -0.05) is 55.5 Å². The van der Waals surface area contributed by atoms with Gasteiger partial charge in [-0.15, -0.1) is 0 Å². The molecule has 5 heteroatoms. The van der Waals surface area contributed by atoms with E-state index in [0.29, 0.717) is 0 Å². The number of hydrogen-bond donors (Lipinski definition) is 2. The van der Waals surface area contributed by atoms with E-state index in [9.17, 15) is 4.79 Å². The number of benzene rings is 1. The van der Waals surface area contributed by atoms with Crippen molar-refractivity contribution < 1.29 is 19.6 Å². The third-order valence-corrected chi connectivity index (χ3v) is 6.07. The van der Waals surface area contributed by atoms with Gasteiger partial charge in [0.05, 0.1) is 13.2 Å². The van der Waals surface area contributed by atoms with Crippen LogP contribution in [0.4, 0.5) is 0 Å². The number of nitrogens with two attached hydrogens (primary N) is 2. The highest BCUT2D eigenvalue weighted by Crippen LogP contribution is 2.25. The first kappa shape index (κ1) is 23.9. The zero-order valence-electron chi connectivity index (χ0n) is 19.2. The molecule has 0 bridgehead atoms. The Balaban J connectivity index is 1.74. The third kappa shape index (κ3) is 6.39. The zero-order chi connectivity index (χ0) is 22.9. The first-order chi connectivity index (χ1) is 15.5. The van der Waals surface area contributed by atoms with E-state index < -0.39 is 6.04 Å². The van der Waals surface area contributed by atoms with E-state index in [2.05, 4.69) is 30.4 Å². The molecule has 4 unspecified atom stereocenters. The molecule has 0 spiro atoms. The molecule has 2 aliphatic rings. The first-order valence-corrected chi connectivity index (χ1v) is 11.3. The molecular formula is C27H35N2O3+. The molecule has 0 aliphatic heterocycles. The van der Waals surface area contributed by atoms with Gasteiger partial charge in [0.15, 0.2) is 0 Å². The van der Waals surface area contributed by atoms with Crippen LogP contribution >= 0.6 is 0 Å². The van der Waals surface area contributed by atoms with Gasteiger partial charge in [0, 0.05) is 24.2 Å². The first-order valence-electron chi connectivity index (χ1n) is 11.3. The van der Waals surface area contributed by atoms with Gasteiger partial charge in [-0.05, 0) is 49.1 Å². The van der Waals surface area contributed by atoms with E-state index >= 15 is 0 Å². The Morgan fingerprint density at radius 1 is 1.16 bits per heavy atom. The largest absolute Gasteiger partial charge is 0.497 e. The molecule has 0 radical (unpaired) electrons. The van der Waals surface area contributed by atoms with Gasteiger partial charge < -0.3 is 15.2 Å². The van der Waals surface area contributed by atoms with Crippen molar-refractivity contribution in [1.82, 2.24) is 0 Å². The van der Waals surface area contributed by atoms with Gasteiger partial charge in [-0.2, -0.15) is 0 Å². The van der Waals surface area contributed by atoms with Crippen molar-refractivity contribution in [3.05, 3.63) is 89.6 Å². The molecule has 0 saturated carbocycles. The Morgan fingerprint density at radius 2 is 1.94 bits per heavy atom. The van der Waals surface area contributed by atoms with Crippen LogP contribution in [0.3, 0.4) is 0 Å². The minimum atomic E-state index is -0.597. The number of primary amides is 1. The number of rotatable bonds is 9. The van der Waals surface area contributed by atoms with Crippen LogP contribution in [0.25, 0.3) is 0 Å². The molecule has 0 saturated heterocycles. The van der Waals surface area contributed by atoms with Gasteiger partial charge >= 0.3 is 5.91 Å². The fraction of sp³-hybridized carbons (Fsp3) is 0.370. The summed E-state index contributed by atoms with van der Waals surface area (Å²) in [6, 6.07) is 7.07. The summed E-state index contributed by atoms with van der Waals surface area (Å²) in [4.78, 5) is 13.2. The minimum absolute atomic E-state index is 0.0562. The van der Waals surface area contributed by atoms with Gasteiger partial charge in [0.1, 0.15) is 17.8 Å². The smallest absolute Gasteiger partial charge is 0.328 e. The summed E-state index contributed by atoms with van der Waals surface area (Å²) in [5.74, 6) is 0.660. The van der Waals surface area contributed by atoms with E-state index in [4.69, 9.17) is 15.2 Å². The van der Waals surface area contributed by atoms with Crippen LogP contribution in [0.15, 0.2) is 84.0 Å². The molecule has 2 aliphatic carbocycles. The molecule has 32 heavy (non-hydrogen) atoms. The van der Waals surface area contributed by atoms with E-state index in [1.54, 1.807) is 19.5 Å². The molecule has 4 atom stereocenters. The summed E-state index contributed by atoms with van der Waals surface area (Å²) in [5.41, 5.74) is 9.65. The van der Waals surface area contributed by atoms with Crippen LogP contribution in [-0.2, 0) is 9.53 Å². The summed E-state index contributed by atoms with van der Waals surface area (Å²) in [5, 5.41) is 1.76. The second-order valence-electron chi connectivity index (χ2n) is 8.32. The van der Waals surface area contributed by atoms with E-state index in [1.165, 1.54) is 5.57 Å². The fourth-order valence-electron chi connectivity index (χ4n) is 3.89. The number of allylic oxidation sites excluding steroid dienone is 5. The van der Waals surface area contributed by atoms with Crippen LogP contribution in [0, 0.1) is 5.92 Å². The number of ether oxygens (including phenoxy) is 2. The summed E-state index contributed by atoms with van der Waals surface area (Å²) in [6.07, 6.45) is 19.8. The maximum absolute atomic E-state index is 13.2. The van der Waals surface area contributed by atoms with Gasteiger partial charge in [0.2, 0.25) is 0 Å². The highest BCUT2D eigenvalue weighted by molar-refractivity contribution is 5.73. The van der Waals surface area contributed by atoms with Crippen LogP contribution in [-0.4, -0.2) is 32.3 Å². The van der Waals surface area contributed by atoms with Crippen LogP contribution < -0.4 is 15.8 Å². The molecule has 5 nitrogen and oxygen atoms in total. The number of quaternary nitrogens is 1. The fourth-order valence-corrected chi connectivity index (χ4v) is 3.89. The molecule has 1 aromatic rings. The topological polar surface area (TPSA) is 78.2 Å². The number of methoxy groups -OCH3 is 2. The lowest BCUT2D eigenvalue weighted by Crippen LogP contribution is -2.92. The van der Waals surface area contributed by atoms with Crippen molar-refractivity contribution in [2.24, 2.45) is 11.7 Å². The van der Waals surface area contributed by atoms with Gasteiger partial charge in [-0.3, -0.25) is 5.32 Å².